The third-order valence-corrected chi connectivity index (χ3v) is 2.69. The maximum absolute atomic E-state index is 11.5. The molecule has 0 aliphatic carbocycles. The fourth-order valence-electron chi connectivity index (χ4n) is 1.17. The molecule has 1 unspecified atom stereocenters. The lowest BCUT2D eigenvalue weighted by Crippen LogP contribution is -2.53. The zero-order chi connectivity index (χ0) is 14.3. The molecule has 0 fully saturated rings. The monoisotopic (exact) mass is 324 g/mol. The standard InChI is InChI=1S/C11H11Cl3N2O3/c12-11(13,14)9(15-7-17)16-10(18)19-6-8-4-2-1-3-5-8/h1-5,7,9H,6H2,(H,15,17)(H,16,18). The molecule has 1 rings (SSSR count). The van der Waals surface area contributed by atoms with Crippen molar-refractivity contribution in [1.82, 2.24) is 10.6 Å². The van der Waals surface area contributed by atoms with Gasteiger partial charge in [-0.25, -0.2) is 4.79 Å². The van der Waals surface area contributed by atoms with Crippen molar-refractivity contribution < 1.29 is 14.3 Å². The van der Waals surface area contributed by atoms with Crippen LogP contribution in [0.25, 0.3) is 0 Å². The van der Waals surface area contributed by atoms with Crippen LogP contribution in [0, 0.1) is 0 Å². The quantitative estimate of drug-likeness (QED) is 0.496. The second-order valence-corrected chi connectivity index (χ2v) is 5.83. The summed E-state index contributed by atoms with van der Waals surface area (Å²) in [4.78, 5) is 21.8. The summed E-state index contributed by atoms with van der Waals surface area (Å²) < 4.78 is 3.04. The van der Waals surface area contributed by atoms with Crippen molar-refractivity contribution in [3.63, 3.8) is 0 Å². The number of alkyl halides is 3. The Balaban J connectivity index is 2.47. The molecule has 5 nitrogen and oxygen atoms in total. The number of hydrogen-bond acceptors (Lipinski definition) is 3. The number of benzene rings is 1. The van der Waals surface area contributed by atoms with Gasteiger partial charge in [0.25, 0.3) is 0 Å². The molecule has 0 saturated carbocycles. The Labute approximate surface area is 125 Å². The van der Waals surface area contributed by atoms with Crippen LogP contribution in [0.4, 0.5) is 4.79 Å². The molecule has 1 aromatic carbocycles. The van der Waals surface area contributed by atoms with E-state index in [0.29, 0.717) is 6.41 Å². The predicted octanol–water partition coefficient (Wildman–Crippen LogP) is 2.36. The first-order chi connectivity index (χ1) is 8.93. The van der Waals surface area contributed by atoms with Crippen LogP contribution in [-0.4, -0.2) is 22.5 Å². The number of ether oxygens (including phenoxy) is 1. The molecule has 19 heavy (non-hydrogen) atoms. The zero-order valence-electron chi connectivity index (χ0n) is 9.61. The van der Waals surface area contributed by atoms with Crippen LogP contribution in [-0.2, 0) is 16.1 Å². The molecule has 8 heteroatoms. The molecule has 2 N–H and O–H groups in total. The molecular weight excluding hydrogens is 314 g/mol. The van der Waals surface area contributed by atoms with Crippen molar-refractivity contribution in [2.75, 3.05) is 0 Å². The van der Waals surface area contributed by atoms with Crippen LogP contribution >= 0.6 is 34.8 Å². The molecule has 0 spiro atoms. The Morgan fingerprint density at radius 3 is 2.47 bits per heavy atom. The third kappa shape index (κ3) is 6.00. The third-order valence-electron chi connectivity index (χ3n) is 2.04. The van der Waals surface area contributed by atoms with Crippen molar-refractivity contribution in [1.29, 1.82) is 0 Å². The molecule has 1 atom stereocenters. The van der Waals surface area contributed by atoms with Gasteiger partial charge in [0.15, 0.2) is 6.17 Å². The minimum absolute atomic E-state index is 0.0698. The van der Waals surface area contributed by atoms with Crippen LogP contribution in [0.15, 0.2) is 30.3 Å². The van der Waals surface area contributed by atoms with Gasteiger partial charge in [0, 0.05) is 0 Å². The van der Waals surface area contributed by atoms with E-state index in [-0.39, 0.29) is 6.61 Å². The minimum atomic E-state index is -1.88. The number of alkyl carbamates (subject to hydrolysis) is 1. The van der Waals surface area contributed by atoms with Gasteiger partial charge in [0.1, 0.15) is 6.61 Å². The number of amides is 2. The average molecular weight is 326 g/mol. The fourth-order valence-corrected chi connectivity index (χ4v) is 1.52. The van der Waals surface area contributed by atoms with Crippen LogP contribution < -0.4 is 10.6 Å². The van der Waals surface area contributed by atoms with Gasteiger partial charge in [-0.15, -0.1) is 0 Å². The summed E-state index contributed by atoms with van der Waals surface area (Å²) in [7, 11) is 0. The molecule has 0 heterocycles. The van der Waals surface area contributed by atoms with E-state index in [1.165, 1.54) is 0 Å². The van der Waals surface area contributed by atoms with Crippen LogP contribution in [0.1, 0.15) is 5.56 Å². The lowest BCUT2D eigenvalue weighted by atomic mass is 10.2. The second-order valence-electron chi connectivity index (χ2n) is 3.47. The van der Waals surface area contributed by atoms with E-state index in [1.54, 1.807) is 12.1 Å². The number of halogens is 3. The Hall–Kier alpha value is -1.17. The van der Waals surface area contributed by atoms with Crippen molar-refractivity contribution in [2.24, 2.45) is 0 Å². The van der Waals surface area contributed by atoms with Gasteiger partial charge >= 0.3 is 6.09 Å². The van der Waals surface area contributed by atoms with Crippen LogP contribution in [0.2, 0.25) is 0 Å². The maximum atomic E-state index is 11.5. The molecule has 0 radical (unpaired) electrons. The Morgan fingerprint density at radius 1 is 1.32 bits per heavy atom. The molecule has 0 aliphatic rings. The molecule has 0 aliphatic heterocycles. The van der Waals surface area contributed by atoms with Gasteiger partial charge in [0.2, 0.25) is 10.2 Å². The number of rotatable bonds is 5. The zero-order valence-corrected chi connectivity index (χ0v) is 11.9. The highest BCUT2D eigenvalue weighted by atomic mass is 35.6. The summed E-state index contributed by atoms with van der Waals surface area (Å²) in [6.45, 7) is 0.0698. The summed E-state index contributed by atoms with van der Waals surface area (Å²) in [6.07, 6.45) is -1.68. The Morgan fingerprint density at radius 2 is 1.95 bits per heavy atom. The molecule has 0 saturated heterocycles. The molecule has 1 aromatic rings. The summed E-state index contributed by atoms with van der Waals surface area (Å²) in [5, 5.41) is 4.39. The number of carbonyl (C=O) groups is 2. The van der Waals surface area contributed by atoms with Crippen LogP contribution in [0.5, 0.6) is 0 Å². The van der Waals surface area contributed by atoms with Crippen molar-refractivity contribution in [2.45, 2.75) is 16.6 Å². The normalized spacial score (nSPS) is 12.4. The second kappa shape index (κ2) is 7.43. The lowest BCUT2D eigenvalue weighted by Gasteiger charge is -2.24. The first-order valence-electron chi connectivity index (χ1n) is 5.17. The highest BCUT2D eigenvalue weighted by Crippen LogP contribution is 2.28. The van der Waals surface area contributed by atoms with Gasteiger partial charge in [-0.1, -0.05) is 65.1 Å². The van der Waals surface area contributed by atoms with Gasteiger partial charge in [-0.2, -0.15) is 0 Å². The number of carbonyl (C=O) groups excluding carboxylic acids is 2. The SMILES string of the molecule is O=CNC(NC(=O)OCc1ccccc1)C(Cl)(Cl)Cl. The Bertz CT molecular complexity index is 423. The predicted molar refractivity (Wildman–Crippen MR) is 73.0 cm³/mol. The van der Waals surface area contributed by atoms with E-state index < -0.39 is 16.1 Å². The first kappa shape index (κ1) is 15.9. The van der Waals surface area contributed by atoms with Crippen molar-refractivity contribution >= 4 is 47.3 Å². The van der Waals surface area contributed by atoms with Gasteiger partial charge < -0.3 is 10.1 Å². The van der Waals surface area contributed by atoms with Crippen molar-refractivity contribution in [3.8, 4) is 0 Å². The number of nitrogens with one attached hydrogen (secondary N) is 2. The summed E-state index contributed by atoms with van der Waals surface area (Å²) in [5.74, 6) is 0. The summed E-state index contributed by atoms with van der Waals surface area (Å²) >= 11 is 16.7. The van der Waals surface area contributed by atoms with E-state index in [0.717, 1.165) is 5.56 Å². The van der Waals surface area contributed by atoms with E-state index in [4.69, 9.17) is 39.5 Å². The summed E-state index contributed by atoms with van der Waals surface area (Å²) in [5.41, 5.74) is 0.812. The molecule has 104 valence electrons. The largest absolute Gasteiger partial charge is 0.445 e. The lowest BCUT2D eigenvalue weighted by molar-refractivity contribution is -0.110. The average Bonchev–Trinajstić information content (AvgIpc) is 2.36. The topological polar surface area (TPSA) is 67.4 Å². The summed E-state index contributed by atoms with van der Waals surface area (Å²) in [6, 6.07) is 9.06. The van der Waals surface area contributed by atoms with Crippen LogP contribution in [0.3, 0.4) is 0 Å². The Kier molecular flexibility index (Phi) is 6.21. The van der Waals surface area contributed by atoms with Gasteiger partial charge in [-0.3, -0.25) is 10.1 Å². The highest BCUT2D eigenvalue weighted by Gasteiger charge is 2.34. The molecular formula is C11H11Cl3N2O3. The first-order valence-corrected chi connectivity index (χ1v) is 6.30. The minimum Gasteiger partial charge on any atom is -0.445 e. The fraction of sp³-hybridized carbons (Fsp3) is 0.273. The maximum Gasteiger partial charge on any atom is 0.409 e. The van der Waals surface area contributed by atoms with E-state index in [1.807, 2.05) is 18.2 Å². The van der Waals surface area contributed by atoms with E-state index in [2.05, 4.69) is 10.6 Å². The molecule has 2 amide bonds. The van der Waals surface area contributed by atoms with Crippen molar-refractivity contribution in [3.05, 3.63) is 35.9 Å². The van der Waals surface area contributed by atoms with Gasteiger partial charge in [-0.05, 0) is 5.56 Å². The molecule has 0 bridgehead atoms. The van der Waals surface area contributed by atoms with E-state index >= 15 is 0 Å². The number of hydrogen-bond donors (Lipinski definition) is 2. The highest BCUT2D eigenvalue weighted by molar-refractivity contribution is 6.68. The van der Waals surface area contributed by atoms with E-state index in [9.17, 15) is 9.59 Å². The van der Waals surface area contributed by atoms with Gasteiger partial charge in [0.05, 0.1) is 0 Å². The molecule has 0 aromatic heterocycles. The smallest absolute Gasteiger partial charge is 0.409 e.